The average molecular weight is 479 g/mol. The molecule has 1 saturated carbocycles. The number of carbonyl (C=O) groups is 3. The predicted molar refractivity (Wildman–Crippen MR) is 133 cm³/mol. The fourth-order valence-electron chi connectivity index (χ4n) is 5.45. The summed E-state index contributed by atoms with van der Waals surface area (Å²) in [6, 6.07) is 15.6. The summed E-state index contributed by atoms with van der Waals surface area (Å²) in [6.07, 6.45) is 2.16. The lowest BCUT2D eigenvalue weighted by atomic mass is 9.98. The first-order valence-electron chi connectivity index (χ1n) is 12.4. The van der Waals surface area contributed by atoms with E-state index >= 15 is 0 Å². The zero-order valence-corrected chi connectivity index (χ0v) is 20.3. The Morgan fingerprint density at radius 3 is 2.17 bits per heavy atom. The number of aliphatic carboxylic acids is 1. The molecule has 2 aromatic rings. The highest BCUT2D eigenvalue weighted by Gasteiger charge is 2.31. The normalized spacial score (nSPS) is 19.6. The van der Waals surface area contributed by atoms with Gasteiger partial charge < -0.3 is 20.5 Å². The second-order valence-electron chi connectivity index (χ2n) is 10.1. The average Bonchev–Trinajstić information content (AvgIpc) is 3.41. The molecule has 0 bridgehead atoms. The Morgan fingerprint density at radius 1 is 0.971 bits per heavy atom. The first kappa shape index (κ1) is 24.8. The van der Waals surface area contributed by atoms with Gasteiger partial charge in [-0.3, -0.25) is 9.59 Å². The number of carboxylic acids is 1. The van der Waals surface area contributed by atoms with Crippen molar-refractivity contribution in [1.82, 2.24) is 10.6 Å². The molecule has 4 rings (SSSR count). The SMILES string of the molecule is CC(C)[C@@H](NC(=O)OCC1c2ccccc2-c2ccccc21)C(=O)NCC1CCC(CC(=O)O)C1. The molecular formula is C28H34N2O5. The molecule has 0 spiro atoms. The Morgan fingerprint density at radius 2 is 1.57 bits per heavy atom. The number of rotatable bonds is 9. The van der Waals surface area contributed by atoms with Crippen molar-refractivity contribution in [1.29, 1.82) is 0 Å². The number of hydrogen-bond acceptors (Lipinski definition) is 4. The summed E-state index contributed by atoms with van der Waals surface area (Å²) in [7, 11) is 0. The molecule has 7 nitrogen and oxygen atoms in total. The first-order valence-corrected chi connectivity index (χ1v) is 12.4. The molecule has 2 amide bonds. The van der Waals surface area contributed by atoms with Crippen LogP contribution in [0, 0.1) is 17.8 Å². The molecular weight excluding hydrogens is 444 g/mol. The van der Waals surface area contributed by atoms with Crippen LogP contribution >= 0.6 is 0 Å². The summed E-state index contributed by atoms with van der Waals surface area (Å²) in [4.78, 5) is 36.5. The van der Waals surface area contributed by atoms with Gasteiger partial charge in [0.15, 0.2) is 0 Å². The van der Waals surface area contributed by atoms with Crippen LogP contribution in [-0.2, 0) is 14.3 Å². The van der Waals surface area contributed by atoms with E-state index in [2.05, 4.69) is 34.9 Å². The fourth-order valence-corrected chi connectivity index (χ4v) is 5.45. The third-order valence-corrected chi connectivity index (χ3v) is 7.24. The van der Waals surface area contributed by atoms with Crippen molar-refractivity contribution in [2.45, 2.75) is 51.5 Å². The van der Waals surface area contributed by atoms with Gasteiger partial charge in [-0.15, -0.1) is 0 Å². The van der Waals surface area contributed by atoms with E-state index in [0.717, 1.165) is 41.5 Å². The highest BCUT2D eigenvalue weighted by atomic mass is 16.5. The van der Waals surface area contributed by atoms with Crippen LogP contribution in [0.3, 0.4) is 0 Å². The van der Waals surface area contributed by atoms with Crippen molar-refractivity contribution in [3.05, 3.63) is 59.7 Å². The molecule has 3 N–H and O–H groups in total. The van der Waals surface area contributed by atoms with Crippen molar-refractivity contribution in [3.63, 3.8) is 0 Å². The van der Waals surface area contributed by atoms with Crippen LogP contribution in [0.4, 0.5) is 4.79 Å². The number of alkyl carbamates (subject to hydrolysis) is 1. The maximum atomic E-state index is 12.8. The second-order valence-corrected chi connectivity index (χ2v) is 10.1. The molecule has 186 valence electrons. The van der Waals surface area contributed by atoms with E-state index in [4.69, 9.17) is 9.84 Å². The lowest BCUT2D eigenvalue weighted by molar-refractivity contribution is -0.138. The molecule has 3 atom stereocenters. The summed E-state index contributed by atoms with van der Waals surface area (Å²) < 4.78 is 5.61. The van der Waals surface area contributed by atoms with Gasteiger partial charge in [0.1, 0.15) is 12.6 Å². The number of carbonyl (C=O) groups excluding carboxylic acids is 2. The largest absolute Gasteiger partial charge is 0.481 e. The molecule has 2 unspecified atom stereocenters. The molecule has 0 aromatic heterocycles. The lowest BCUT2D eigenvalue weighted by Crippen LogP contribution is -2.50. The van der Waals surface area contributed by atoms with Crippen molar-refractivity contribution in [3.8, 4) is 11.1 Å². The maximum Gasteiger partial charge on any atom is 0.407 e. The summed E-state index contributed by atoms with van der Waals surface area (Å²) >= 11 is 0. The highest BCUT2D eigenvalue weighted by molar-refractivity contribution is 5.86. The number of hydrogen-bond donors (Lipinski definition) is 3. The topological polar surface area (TPSA) is 105 Å². The summed E-state index contributed by atoms with van der Waals surface area (Å²) in [5.41, 5.74) is 4.60. The minimum atomic E-state index is -0.771. The van der Waals surface area contributed by atoms with Gasteiger partial charge >= 0.3 is 12.1 Å². The number of amides is 2. The van der Waals surface area contributed by atoms with Crippen molar-refractivity contribution < 1.29 is 24.2 Å². The van der Waals surface area contributed by atoms with E-state index in [1.165, 1.54) is 0 Å². The predicted octanol–water partition coefficient (Wildman–Crippen LogP) is 4.56. The number of nitrogens with one attached hydrogen (secondary N) is 2. The minimum absolute atomic E-state index is 0.0411. The monoisotopic (exact) mass is 478 g/mol. The van der Waals surface area contributed by atoms with Gasteiger partial charge in [-0.1, -0.05) is 62.4 Å². The van der Waals surface area contributed by atoms with Crippen LogP contribution < -0.4 is 10.6 Å². The Kier molecular flexibility index (Phi) is 7.73. The van der Waals surface area contributed by atoms with Gasteiger partial charge in [0, 0.05) is 18.9 Å². The van der Waals surface area contributed by atoms with E-state index in [-0.39, 0.29) is 42.6 Å². The molecule has 1 fully saturated rings. The molecule has 0 radical (unpaired) electrons. The second kappa shape index (κ2) is 10.9. The number of carboxylic acid groups (broad SMARTS) is 1. The van der Waals surface area contributed by atoms with Crippen LogP contribution in [0.2, 0.25) is 0 Å². The van der Waals surface area contributed by atoms with Gasteiger partial charge in [-0.05, 0) is 59.3 Å². The van der Waals surface area contributed by atoms with E-state index in [1.807, 2.05) is 38.1 Å². The van der Waals surface area contributed by atoms with Crippen LogP contribution in [0.1, 0.15) is 56.6 Å². The zero-order valence-electron chi connectivity index (χ0n) is 20.3. The van der Waals surface area contributed by atoms with E-state index in [0.29, 0.717) is 6.54 Å². The molecule has 0 saturated heterocycles. The zero-order chi connectivity index (χ0) is 24.9. The molecule has 0 heterocycles. The molecule has 2 aliphatic rings. The highest BCUT2D eigenvalue weighted by Crippen LogP contribution is 2.44. The molecule has 7 heteroatoms. The van der Waals surface area contributed by atoms with Gasteiger partial charge in [-0.25, -0.2) is 4.79 Å². The molecule has 35 heavy (non-hydrogen) atoms. The first-order chi connectivity index (χ1) is 16.8. The van der Waals surface area contributed by atoms with Gasteiger partial charge in [0.25, 0.3) is 0 Å². The lowest BCUT2D eigenvalue weighted by Gasteiger charge is -2.23. The van der Waals surface area contributed by atoms with Gasteiger partial charge in [-0.2, -0.15) is 0 Å². The summed E-state index contributed by atoms with van der Waals surface area (Å²) in [5.74, 6) is -0.721. The third kappa shape index (κ3) is 5.84. The van der Waals surface area contributed by atoms with Crippen LogP contribution in [0.5, 0.6) is 0 Å². The van der Waals surface area contributed by atoms with E-state index in [1.54, 1.807) is 0 Å². The number of ether oxygens (including phenoxy) is 1. The van der Waals surface area contributed by atoms with Crippen LogP contribution in [0.15, 0.2) is 48.5 Å². The fraction of sp³-hybridized carbons (Fsp3) is 0.464. The Labute approximate surface area is 206 Å². The maximum absolute atomic E-state index is 12.8. The quantitative estimate of drug-likeness (QED) is 0.490. The Balaban J connectivity index is 1.30. The van der Waals surface area contributed by atoms with Crippen molar-refractivity contribution >= 4 is 18.0 Å². The standard InChI is InChI=1S/C28H34N2O5/c1-17(2)26(27(33)29-15-19-12-11-18(13-19)14-25(31)32)30-28(34)35-16-24-22-9-5-3-7-20(22)21-8-4-6-10-23(21)24/h3-10,17-19,24,26H,11-16H2,1-2H3,(H,29,33)(H,30,34)(H,31,32)/t18?,19?,26-/m1/s1. The summed E-state index contributed by atoms with van der Waals surface area (Å²) in [6.45, 7) is 4.45. The van der Waals surface area contributed by atoms with Crippen molar-refractivity contribution in [2.75, 3.05) is 13.2 Å². The molecule has 2 aliphatic carbocycles. The van der Waals surface area contributed by atoms with Crippen molar-refractivity contribution in [2.24, 2.45) is 17.8 Å². The van der Waals surface area contributed by atoms with Crippen LogP contribution in [-0.4, -0.2) is 42.3 Å². The third-order valence-electron chi connectivity index (χ3n) is 7.24. The summed E-state index contributed by atoms with van der Waals surface area (Å²) in [5, 5.41) is 14.7. The van der Waals surface area contributed by atoms with Gasteiger partial charge in [0.05, 0.1) is 0 Å². The van der Waals surface area contributed by atoms with Gasteiger partial charge in [0.2, 0.25) is 5.91 Å². The minimum Gasteiger partial charge on any atom is -0.481 e. The van der Waals surface area contributed by atoms with E-state index < -0.39 is 18.1 Å². The van der Waals surface area contributed by atoms with E-state index in [9.17, 15) is 14.4 Å². The Bertz CT molecular complexity index is 1040. The smallest absolute Gasteiger partial charge is 0.407 e. The number of fused-ring (bicyclic) bond motifs is 3. The molecule has 0 aliphatic heterocycles. The van der Waals surface area contributed by atoms with Crippen LogP contribution in [0.25, 0.3) is 11.1 Å². The Hall–Kier alpha value is -3.35. The number of benzene rings is 2. The molecule has 2 aromatic carbocycles.